The van der Waals surface area contributed by atoms with Crippen molar-refractivity contribution in [3.05, 3.63) is 214 Å². The average Bonchev–Trinajstić information content (AvgIpc) is 3.25. The highest BCUT2D eigenvalue weighted by atomic mass is 15.2. The number of rotatable bonds is 18. The lowest BCUT2D eigenvalue weighted by molar-refractivity contribution is 0.231. The van der Waals surface area contributed by atoms with E-state index in [0.29, 0.717) is 39.3 Å². The Morgan fingerprint density at radius 2 is 0.474 bits per heavy atom. The molecule has 0 spiro atoms. The lowest BCUT2D eigenvalue weighted by Crippen LogP contribution is -2.29. The van der Waals surface area contributed by atoms with E-state index in [1.54, 1.807) is 0 Å². The van der Waals surface area contributed by atoms with Crippen LogP contribution in [0.1, 0.15) is 67.5 Å². The van der Waals surface area contributed by atoms with E-state index in [1.165, 1.54) is 33.4 Å². The van der Waals surface area contributed by atoms with Crippen molar-refractivity contribution in [2.24, 2.45) is 0 Å². The van der Waals surface area contributed by atoms with Crippen LogP contribution in [-0.4, -0.2) is 44.6 Å². The summed E-state index contributed by atoms with van der Waals surface area (Å²) in [5, 5.41) is 0. The van der Waals surface area contributed by atoms with Crippen LogP contribution in [0, 0.1) is 20.8 Å². The van der Waals surface area contributed by atoms with Gasteiger partial charge >= 0.3 is 0 Å². The van der Waals surface area contributed by atoms with Crippen LogP contribution >= 0.6 is 0 Å². The minimum absolute atomic E-state index is 0.700. The number of benzene rings is 1. The lowest BCUT2D eigenvalue weighted by Gasteiger charge is -2.31. The fraction of sp³-hybridized carbons (Fsp3) is 0.250. The molecule has 0 unspecified atom stereocenters. The van der Waals surface area contributed by atoms with Crippen LogP contribution in [0.4, 0.5) is 0 Å². The molecule has 7 aromatic rings. The van der Waals surface area contributed by atoms with E-state index in [4.69, 9.17) is 29.9 Å². The van der Waals surface area contributed by atoms with E-state index in [9.17, 15) is 0 Å². The summed E-state index contributed by atoms with van der Waals surface area (Å²) < 4.78 is 0. The summed E-state index contributed by atoms with van der Waals surface area (Å²) in [7, 11) is 0. The van der Waals surface area contributed by atoms with Crippen LogP contribution in [0.25, 0.3) is 0 Å². The molecular weight excluding hydrogens is 703 g/mol. The zero-order valence-electron chi connectivity index (χ0n) is 33.2. The third kappa shape index (κ3) is 11.1. The van der Waals surface area contributed by atoms with Crippen molar-refractivity contribution < 1.29 is 0 Å². The van der Waals surface area contributed by atoms with Crippen molar-refractivity contribution in [3.8, 4) is 0 Å². The minimum Gasteiger partial charge on any atom is -0.287 e. The minimum atomic E-state index is 0.700. The first-order valence-electron chi connectivity index (χ1n) is 19.7. The highest BCUT2D eigenvalue weighted by Gasteiger charge is 2.24. The van der Waals surface area contributed by atoms with Crippen LogP contribution in [0.5, 0.6) is 0 Å². The van der Waals surface area contributed by atoms with Gasteiger partial charge in [0.15, 0.2) is 0 Å². The lowest BCUT2D eigenvalue weighted by atomic mass is 9.87. The SMILES string of the molecule is Cc1c(CN(Cc2ccccn2)Cc2ccccn2)c(C)c(CN(Cc2ccccn2)Cc2ccccn2)c(C)c1CN(Cc1ccccn1)Cc1ccccn1. The molecule has 6 aromatic heterocycles. The average molecular weight is 754 g/mol. The molecule has 0 radical (unpaired) electrons. The van der Waals surface area contributed by atoms with Gasteiger partial charge in [0.1, 0.15) is 0 Å². The molecule has 0 aliphatic carbocycles. The van der Waals surface area contributed by atoms with Crippen molar-refractivity contribution in [1.82, 2.24) is 44.6 Å². The molecule has 0 atom stereocenters. The number of aromatic nitrogens is 6. The molecule has 1 aromatic carbocycles. The maximum absolute atomic E-state index is 4.74. The quantitative estimate of drug-likeness (QED) is 0.0856. The second-order valence-corrected chi connectivity index (χ2v) is 14.7. The molecule has 288 valence electrons. The van der Waals surface area contributed by atoms with E-state index < -0.39 is 0 Å². The Bertz CT molecular complexity index is 1850. The molecule has 9 heteroatoms. The van der Waals surface area contributed by atoms with Gasteiger partial charge in [-0.1, -0.05) is 36.4 Å². The summed E-state index contributed by atoms with van der Waals surface area (Å²) >= 11 is 0. The number of nitrogens with zero attached hydrogens (tertiary/aromatic N) is 9. The van der Waals surface area contributed by atoms with E-state index >= 15 is 0 Å². The molecule has 0 bridgehead atoms. The third-order valence-electron chi connectivity index (χ3n) is 10.5. The first-order chi connectivity index (χ1) is 28.0. The Morgan fingerprint density at radius 1 is 0.281 bits per heavy atom. The molecule has 6 heterocycles. The van der Waals surface area contributed by atoms with E-state index in [-0.39, 0.29) is 0 Å². The molecule has 0 aliphatic heterocycles. The Hall–Kier alpha value is -6.00. The second kappa shape index (κ2) is 19.7. The van der Waals surface area contributed by atoms with Crippen molar-refractivity contribution >= 4 is 0 Å². The third-order valence-corrected chi connectivity index (χ3v) is 10.5. The van der Waals surface area contributed by atoms with Gasteiger partial charge in [0.2, 0.25) is 0 Å². The second-order valence-electron chi connectivity index (χ2n) is 14.7. The highest BCUT2D eigenvalue weighted by Crippen LogP contribution is 2.32. The fourth-order valence-electron chi connectivity index (χ4n) is 7.60. The van der Waals surface area contributed by atoms with Gasteiger partial charge in [-0.05, 0) is 127 Å². The topological polar surface area (TPSA) is 87.1 Å². The molecule has 7 rings (SSSR count). The molecule has 0 saturated heterocycles. The summed E-state index contributed by atoms with van der Waals surface area (Å²) in [5.74, 6) is 0. The molecule has 57 heavy (non-hydrogen) atoms. The highest BCUT2D eigenvalue weighted by molar-refractivity contribution is 5.51. The van der Waals surface area contributed by atoms with Crippen molar-refractivity contribution in [2.45, 2.75) is 79.7 Å². The van der Waals surface area contributed by atoms with Crippen LogP contribution in [-0.2, 0) is 58.9 Å². The van der Waals surface area contributed by atoms with Crippen molar-refractivity contribution in [1.29, 1.82) is 0 Å². The summed E-state index contributed by atoms with van der Waals surface area (Å²) in [5.41, 5.74) is 14.1. The van der Waals surface area contributed by atoms with Crippen LogP contribution < -0.4 is 0 Å². The van der Waals surface area contributed by atoms with E-state index in [2.05, 4.69) is 108 Å². The standard InChI is InChI=1S/C48H51N9/c1-37-46(34-55(28-40-16-4-10-22-49-40)29-41-17-5-11-23-50-41)38(2)48(36-57(32-44-20-8-14-26-53-44)33-45-21-9-15-27-54-45)39(3)47(37)35-56(30-42-18-6-12-24-51-42)31-43-19-7-13-25-52-43/h4-27H,28-36H2,1-3H3. The molecule has 9 nitrogen and oxygen atoms in total. The van der Waals surface area contributed by atoms with Crippen LogP contribution in [0.2, 0.25) is 0 Å². The largest absolute Gasteiger partial charge is 0.287 e. The fourth-order valence-corrected chi connectivity index (χ4v) is 7.60. The van der Waals surface area contributed by atoms with Gasteiger partial charge in [0.25, 0.3) is 0 Å². The molecule has 0 fully saturated rings. The van der Waals surface area contributed by atoms with Crippen molar-refractivity contribution in [3.63, 3.8) is 0 Å². The van der Waals surface area contributed by atoms with Gasteiger partial charge < -0.3 is 0 Å². The first-order valence-corrected chi connectivity index (χ1v) is 19.7. The first kappa shape index (κ1) is 39.2. The predicted molar refractivity (Wildman–Crippen MR) is 225 cm³/mol. The van der Waals surface area contributed by atoms with Gasteiger partial charge in [-0.15, -0.1) is 0 Å². The Kier molecular flexibility index (Phi) is 13.6. The number of hydrogen-bond acceptors (Lipinski definition) is 9. The zero-order chi connectivity index (χ0) is 39.2. The van der Waals surface area contributed by atoms with Crippen LogP contribution in [0.15, 0.2) is 146 Å². The Balaban J connectivity index is 1.32. The summed E-state index contributed by atoms with van der Waals surface area (Å²) in [6.07, 6.45) is 11.3. The Morgan fingerprint density at radius 3 is 0.632 bits per heavy atom. The molecule has 0 aliphatic rings. The summed E-state index contributed by atoms with van der Waals surface area (Å²) in [6.45, 7) is 13.4. The molecule has 0 N–H and O–H groups in total. The van der Waals surface area contributed by atoms with E-state index in [0.717, 1.165) is 53.8 Å². The summed E-state index contributed by atoms with van der Waals surface area (Å²) in [6, 6.07) is 36.9. The van der Waals surface area contributed by atoms with Crippen LogP contribution in [0.3, 0.4) is 0 Å². The number of hydrogen-bond donors (Lipinski definition) is 0. The van der Waals surface area contributed by atoms with Gasteiger partial charge in [-0.3, -0.25) is 44.6 Å². The number of pyridine rings is 6. The molecular formula is C48H51N9. The maximum atomic E-state index is 4.74. The normalized spacial score (nSPS) is 11.5. The van der Waals surface area contributed by atoms with Gasteiger partial charge in [0.05, 0.1) is 34.2 Å². The van der Waals surface area contributed by atoms with Gasteiger partial charge in [-0.2, -0.15) is 0 Å². The predicted octanol–water partition coefficient (Wildman–Crippen LogP) is 8.59. The monoisotopic (exact) mass is 753 g/mol. The zero-order valence-corrected chi connectivity index (χ0v) is 33.2. The smallest absolute Gasteiger partial charge is 0.0544 e. The van der Waals surface area contributed by atoms with Gasteiger partial charge in [-0.25, -0.2) is 0 Å². The summed E-state index contributed by atoms with van der Waals surface area (Å²) in [4.78, 5) is 35.8. The maximum Gasteiger partial charge on any atom is 0.0544 e. The van der Waals surface area contributed by atoms with Crippen molar-refractivity contribution in [2.75, 3.05) is 0 Å². The Labute approximate surface area is 337 Å². The molecule has 0 amide bonds. The molecule has 0 saturated carbocycles. The van der Waals surface area contributed by atoms with Gasteiger partial charge in [0, 0.05) is 96.1 Å². The van der Waals surface area contributed by atoms with E-state index in [1.807, 2.05) is 73.6 Å².